The monoisotopic (exact) mass is 342 g/mol. The van der Waals surface area contributed by atoms with Gasteiger partial charge in [0.1, 0.15) is 6.10 Å². The van der Waals surface area contributed by atoms with Crippen LogP contribution < -0.4 is 4.74 Å². The topological polar surface area (TPSA) is 89.0 Å². The fourth-order valence-electron chi connectivity index (χ4n) is 2.35. The molecule has 0 saturated carbocycles. The van der Waals surface area contributed by atoms with Gasteiger partial charge in [0.25, 0.3) is 5.91 Å². The molecule has 1 aliphatic rings. The first-order chi connectivity index (χ1) is 10.9. The second kappa shape index (κ2) is 7.14. The molecule has 23 heavy (non-hydrogen) atoms. The lowest BCUT2D eigenvalue weighted by atomic mass is 10.0. The van der Waals surface area contributed by atoms with Crippen LogP contribution in [-0.2, 0) is 14.3 Å². The Morgan fingerprint density at radius 2 is 2.04 bits per heavy atom. The molecule has 1 atom stereocenters. The van der Waals surface area contributed by atoms with Crippen LogP contribution >= 0.6 is 11.6 Å². The molecule has 126 valence electrons. The van der Waals surface area contributed by atoms with E-state index in [1.807, 2.05) is 0 Å². The first-order valence-corrected chi connectivity index (χ1v) is 7.60. The average molecular weight is 343 g/mol. The van der Waals surface area contributed by atoms with Crippen LogP contribution in [-0.4, -0.2) is 58.8 Å². The third-order valence-corrected chi connectivity index (χ3v) is 4.16. The molecular weight excluding hydrogens is 324 g/mol. The number of nitrogens with zero attached hydrogens (tertiary/aromatic N) is 2. The molecule has 2 rings (SSSR count). The molecule has 1 aromatic rings. The lowest BCUT2D eigenvalue weighted by Gasteiger charge is -2.35. The van der Waals surface area contributed by atoms with Gasteiger partial charge in [0.15, 0.2) is 0 Å². The van der Waals surface area contributed by atoms with E-state index in [1.165, 1.54) is 25.1 Å². The molecule has 2 heterocycles. The number of hydrogen-bond donors (Lipinski definition) is 1. The van der Waals surface area contributed by atoms with Crippen LogP contribution in [0, 0.1) is 0 Å². The maximum atomic E-state index is 12.3. The number of ether oxygens (including phenoxy) is 2. The minimum absolute atomic E-state index is 0.0774. The zero-order valence-electron chi connectivity index (χ0n) is 13.0. The van der Waals surface area contributed by atoms with E-state index in [0.717, 1.165) is 0 Å². The highest BCUT2D eigenvalue weighted by Gasteiger charge is 2.45. The third kappa shape index (κ3) is 3.92. The quantitative estimate of drug-likeness (QED) is 0.817. The second-order valence-electron chi connectivity index (χ2n) is 5.47. The van der Waals surface area contributed by atoms with Crippen molar-refractivity contribution in [1.29, 1.82) is 0 Å². The maximum absolute atomic E-state index is 12.3. The van der Waals surface area contributed by atoms with E-state index in [1.54, 1.807) is 12.1 Å². The number of carboxylic acids is 1. The molecule has 0 aliphatic carbocycles. The number of aliphatic carboxylic acids is 1. The number of carbonyl (C=O) groups excluding carboxylic acids is 1. The van der Waals surface area contributed by atoms with Gasteiger partial charge in [-0.2, -0.15) is 0 Å². The van der Waals surface area contributed by atoms with Crippen LogP contribution in [0.5, 0.6) is 5.88 Å². The van der Waals surface area contributed by atoms with Crippen LogP contribution in [0.15, 0.2) is 18.3 Å². The smallest absolute Gasteiger partial charge is 0.345 e. The number of methoxy groups -OCH3 is 1. The summed E-state index contributed by atoms with van der Waals surface area (Å²) in [5, 5.41) is 9.72. The van der Waals surface area contributed by atoms with E-state index >= 15 is 0 Å². The average Bonchev–Trinajstić information content (AvgIpc) is 2.56. The molecule has 7 nitrogen and oxygen atoms in total. The largest absolute Gasteiger partial charge is 0.479 e. The third-order valence-electron chi connectivity index (χ3n) is 3.94. The Balaban J connectivity index is 1.92. The fraction of sp³-hybridized carbons (Fsp3) is 0.533. The Bertz CT molecular complexity index is 572. The van der Waals surface area contributed by atoms with Crippen LogP contribution in [0.4, 0.5) is 0 Å². The van der Waals surface area contributed by atoms with Crippen LogP contribution in [0.2, 0.25) is 5.02 Å². The number of amides is 1. The Morgan fingerprint density at radius 3 is 2.52 bits per heavy atom. The van der Waals surface area contributed by atoms with Gasteiger partial charge < -0.3 is 19.5 Å². The van der Waals surface area contributed by atoms with Crippen LogP contribution in [0.3, 0.4) is 0 Å². The summed E-state index contributed by atoms with van der Waals surface area (Å²) in [6.07, 6.45) is 2.61. The van der Waals surface area contributed by atoms with Crippen molar-refractivity contribution < 1.29 is 24.2 Å². The minimum atomic E-state index is -1.86. The van der Waals surface area contributed by atoms with Gasteiger partial charge >= 0.3 is 5.97 Å². The van der Waals surface area contributed by atoms with Gasteiger partial charge in [-0.3, -0.25) is 4.79 Å². The van der Waals surface area contributed by atoms with Crippen LogP contribution in [0.1, 0.15) is 19.8 Å². The molecule has 8 heteroatoms. The fourth-order valence-corrected chi connectivity index (χ4v) is 2.46. The molecule has 1 amide bonds. The predicted octanol–water partition coefficient (Wildman–Crippen LogP) is 1.59. The van der Waals surface area contributed by atoms with Crippen molar-refractivity contribution in [3.05, 3.63) is 23.4 Å². The Kier molecular flexibility index (Phi) is 5.43. The number of aromatic nitrogens is 1. The first kappa shape index (κ1) is 17.5. The lowest BCUT2D eigenvalue weighted by molar-refractivity contribution is -0.174. The molecule has 1 aromatic heterocycles. The molecule has 1 N–H and O–H groups in total. The van der Waals surface area contributed by atoms with Gasteiger partial charge in [-0.25, -0.2) is 9.78 Å². The zero-order chi connectivity index (χ0) is 17.0. The summed E-state index contributed by atoms with van der Waals surface area (Å²) in [6.45, 7) is 2.07. The summed E-state index contributed by atoms with van der Waals surface area (Å²) in [5.41, 5.74) is -1.86. The SMILES string of the molecule is COC(C)(C(=O)O)C(=O)N1CCC(Oc2ccc(Cl)cn2)CC1. The van der Waals surface area contributed by atoms with E-state index in [9.17, 15) is 14.7 Å². The van der Waals surface area contributed by atoms with Gasteiger partial charge in [-0.05, 0) is 13.0 Å². The van der Waals surface area contributed by atoms with Crippen molar-refractivity contribution in [2.45, 2.75) is 31.5 Å². The molecule has 1 saturated heterocycles. The summed E-state index contributed by atoms with van der Waals surface area (Å²) in [6, 6.07) is 3.38. The Labute approximate surface area is 139 Å². The number of pyridine rings is 1. The highest BCUT2D eigenvalue weighted by Crippen LogP contribution is 2.22. The number of hydrogen-bond acceptors (Lipinski definition) is 5. The minimum Gasteiger partial charge on any atom is -0.479 e. The number of carbonyl (C=O) groups is 2. The predicted molar refractivity (Wildman–Crippen MR) is 82.5 cm³/mol. The van der Waals surface area contributed by atoms with Crippen molar-refractivity contribution in [3.63, 3.8) is 0 Å². The number of piperidine rings is 1. The molecular formula is C15H19ClN2O5. The van der Waals surface area contributed by atoms with Gasteiger partial charge in [-0.1, -0.05) is 11.6 Å². The summed E-state index contributed by atoms with van der Waals surface area (Å²) < 4.78 is 10.6. The summed E-state index contributed by atoms with van der Waals surface area (Å²) >= 11 is 5.77. The normalized spacial score (nSPS) is 18.3. The zero-order valence-corrected chi connectivity index (χ0v) is 13.7. The number of halogens is 1. The van der Waals surface area contributed by atoms with E-state index in [-0.39, 0.29) is 6.10 Å². The molecule has 0 spiro atoms. The lowest BCUT2D eigenvalue weighted by Crippen LogP contribution is -2.55. The standard InChI is InChI=1S/C15H19ClN2O5/c1-15(22-2,14(20)21)13(19)18-7-5-11(6-8-18)23-12-4-3-10(16)9-17-12/h3-4,9,11H,5-8H2,1-2H3,(H,20,21). The van der Waals surface area contributed by atoms with Crippen molar-refractivity contribution in [3.8, 4) is 5.88 Å². The van der Waals surface area contributed by atoms with E-state index < -0.39 is 17.5 Å². The molecule has 1 fully saturated rings. The van der Waals surface area contributed by atoms with Crippen molar-refractivity contribution in [2.24, 2.45) is 0 Å². The summed E-state index contributed by atoms with van der Waals surface area (Å²) in [7, 11) is 1.22. The second-order valence-corrected chi connectivity index (χ2v) is 5.90. The van der Waals surface area contributed by atoms with Crippen LogP contribution in [0.25, 0.3) is 0 Å². The van der Waals surface area contributed by atoms with E-state index in [0.29, 0.717) is 36.8 Å². The van der Waals surface area contributed by atoms with Crippen molar-refractivity contribution in [1.82, 2.24) is 9.88 Å². The molecule has 1 aliphatic heterocycles. The van der Waals surface area contributed by atoms with Crippen molar-refractivity contribution in [2.75, 3.05) is 20.2 Å². The first-order valence-electron chi connectivity index (χ1n) is 7.23. The molecule has 1 unspecified atom stereocenters. The van der Waals surface area contributed by atoms with Gasteiger partial charge in [0.2, 0.25) is 11.5 Å². The highest BCUT2D eigenvalue weighted by atomic mass is 35.5. The van der Waals surface area contributed by atoms with Gasteiger partial charge in [-0.15, -0.1) is 0 Å². The van der Waals surface area contributed by atoms with Crippen molar-refractivity contribution >= 4 is 23.5 Å². The maximum Gasteiger partial charge on any atom is 0.345 e. The van der Waals surface area contributed by atoms with E-state index in [2.05, 4.69) is 4.98 Å². The van der Waals surface area contributed by atoms with Gasteiger partial charge in [0, 0.05) is 45.3 Å². The van der Waals surface area contributed by atoms with E-state index in [4.69, 9.17) is 21.1 Å². The molecule has 0 aromatic carbocycles. The molecule has 0 radical (unpaired) electrons. The Hall–Kier alpha value is -1.86. The Morgan fingerprint density at radius 1 is 1.39 bits per heavy atom. The summed E-state index contributed by atoms with van der Waals surface area (Å²) in [5.74, 6) is -1.37. The van der Waals surface area contributed by atoms with Gasteiger partial charge in [0.05, 0.1) is 5.02 Å². The number of carboxylic acid groups (broad SMARTS) is 1. The summed E-state index contributed by atoms with van der Waals surface area (Å²) in [4.78, 5) is 29.2. The number of rotatable bonds is 5. The highest BCUT2D eigenvalue weighted by molar-refractivity contribution is 6.30. The molecule has 0 bridgehead atoms. The number of likely N-dealkylation sites (tertiary alicyclic amines) is 1.